The fourth-order valence-corrected chi connectivity index (χ4v) is 5.99. The Bertz CT molecular complexity index is 1500. The number of hydrogen-bond donors (Lipinski definition) is 2. The molecule has 6 heteroatoms. The number of nitrogen functional groups attached to an aromatic ring is 1. The van der Waals surface area contributed by atoms with E-state index in [2.05, 4.69) is 87.0 Å². The Morgan fingerprint density at radius 2 is 1.87 bits per heavy atom. The Balaban J connectivity index is 1.50. The number of anilines is 2. The number of hydrazine groups is 1. The van der Waals surface area contributed by atoms with Crippen molar-refractivity contribution in [1.29, 1.82) is 0 Å². The Kier molecular flexibility index (Phi) is 7.27. The molecule has 1 aromatic heterocycles. The third kappa shape index (κ3) is 5.32. The molecule has 1 unspecified atom stereocenters. The summed E-state index contributed by atoms with van der Waals surface area (Å²) in [5.74, 6) is 7.19. The van der Waals surface area contributed by atoms with E-state index in [4.69, 9.17) is 16.3 Å². The molecular weight excluding hydrogens is 482 g/mol. The molecule has 0 aliphatic carbocycles. The minimum Gasteiger partial charge on any atom is -0.492 e. The smallest absolute Gasteiger partial charge is 0.124 e. The monoisotopic (exact) mass is 523 g/mol. The molecule has 0 fully saturated rings. The summed E-state index contributed by atoms with van der Waals surface area (Å²) in [7, 11) is 1.82. The molecule has 39 heavy (non-hydrogen) atoms. The molecule has 204 valence electrons. The van der Waals surface area contributed by atoms with Crippen LogP contribution in [0.1, 0.15) is 60.1 Å². The van der Waals surface area contributed by atoms with E-state index in [1.54, 1.807) is 5.01 Å². The number of pyridine rings is 1. The zero-order valence-electron chi connectivity index (χ0n) is 24.1. The van der Waals surface area contributed by atoms with Crippen molar-refractivity contribution in [3.8, 4) is 5.75 Å². The maximum Gasteiger partial charge on any atom is 0.124 e. The van der Waals surface area contributed by atoms with Gasteiger partial charge in [0.2, 0.25) is 0 Å². The molecule has 4 aromatic rings. The average molecular weight is 524 g/mol. The lowest BCUT2D eigenvalue weighted by Gasteiger charge is -2.34. The lowest BCUT2D eigenvalue weighted by molar-refractivity contribution is 0.219. The maximum absolute atomic E-state index is 6.57. The van der Waals surface area contributed by atoms with Crippen molar-refractivity contribution in [1.82, 2.24) is 9.88 Å². The SMILES string of the molecule is Cc1ccc(C(c2ccc(N(C)N)c(N)c2C)C(C)(C)C)cc1CN1CCOc2ccc3ncccc3c2C1. The van der Waals surface area contributed by atoms with Crippen molar-refractivity contribution in [2.75, 3.05) is 30.9 Å². The van der Waals surface area contributed by atoms with E-state index in [9.17, 15) is 0 Å². The molecule has 1 aliphatic rings. The first-order valence-electron chi connectivity index (χ1n) is 13.7. The summed E-state index contributed by atoms with van der Waals surface area (Å²) >= 11 is 0. The minimum atomic E-state index is -0.0127. The highest BCUT2D eigenvalue weighted by atomic mass is 16.5. The first-order valence-corrected chi connectivity index (χ1v) is 13.7. The van der Waals surface area contributed by atoms with E-state index in [0.717, 1.165) is 47.8 Å². The van der Waals surface area contributed by atoms with Gasteiger partial charge in [-0.15, -0.1) is 0 Å². The second-order valence-electron chi connectivity index (χ2n) is 12.0. The largest absolute Gasteiger partial charge is 0.492 e. The number of fused-ring (bicyclic) bond motifs is 3. The van der Waals surface area contributed by atoms with Gasteiger partial charge in [0.05, 0.1) is 16.9 Å². The predicted molar refractivity (Wildman–Crippen MR) is 162 cm³/mol. The summed E-state index contributed by atoms with van der Waals surface area (Å²) in [4.78, 5) is 7.05. The topological polar surface area (TPSA) is 80.6 Å². The van der Waals surface area contributed by atoms with Crippen molar-refractivity contribution in [3.63, 3.8) is 0 Å². The second kappa shape index (κ2) is 10.5. The normalized spacial score (nSPS) is 14.9. The van der Waals surface area contributed by atoms with Crippen LogP contribution in [-0.4, -0.2) is 30.1 Å². The van der Waals surface area contributed by atoms with Crippen LogP contribution in [-0.2, 0) is 13.1 Å². The van der Waals surface area contributed by atoms with E-state index in [-0.39, 0.29) is 11.3 Å². The van der Waals surface area contributed by atoms with Gasteiger partial charge in [-0.1, -0.05) is 51.1 Å². The van der Waals surface area contributed by atoms with Crippen LogP contribution in [0, 0.1) is 19.3 Å². The number of benzene rings is 3. The first kappa shape index (κ1) is 27.0. The summed E-state index contributed by atoms with van der Waals surface area (Å²) in [5.41, 5.74) is 16.7. The van der Waals surface area contributed by atoms with Crippen LogP contribution in [0.15, 0.2) is 60.8 Å². The van der Waals surface area contributed by atoms with Crippen LogP contribution >= 0.6 is 0 Å². The minimum absolute atomic E-state index is 0.0127. The summed E-state index contributed by atoms with van der Waals surface area (Å²) < 4.78 is 6.18. The van der Waals surface area contributed by atoms with Crippen molar-refractivity contribution in [2.45, 2.75) is 53.6 Å². The highest BCUT2D eigenvalue weighted by Crippen LogP contribution is 2.44. The van der Waals surface area contributed by atoms with Gasteiger partial charge in [0.15, 0.2) is 0 Å². The Morgan fingerprint density at radius 1 is 1.08 bits per heavy atom. The van der Waals surface area contributed by atoms with Gasteiger partial charge in [-0.3, -0.25) is 9.88 Å². The van der Waals surface area contributed by atoms with Gasteiger partial charge in [0.1, 0.15) is 12.4 Å². The zero-order chi connectivity index (χ0) is 27.9. The summed E-state index contributed by atoms with van der Waals surface area (Å²) in [6, 6.07) is 19.5. The molecule has 0 bridgehead atoms. The predicted octanol–water partition coefficient (Wildman–Crippen LogP) is 6.32. The van der Waals surface area contributed by atoms with Crippen LogP contribution < -0.4 is 21.3 Å². The van der Waals surface area contributed by atoms with E-state index >= 15 is 0 Å². The van der Waals surface area contributed by atoms with Gasteiger partial charge >= 0.3 is 0 Å². The van der Waals surface area contributed by atoms with E-state index in [1.807, 2.05) is 25.4 Å². The number of rotatable bonds is 5. The molecule has 0 radical (unpaired) electrons. The number of aryl methyl sites for hydroxylation is 1. The lowest BCUT2D eigenvalue weighted by atomic mass is 9.71. The van der Waals surface area contributed by atoms with Gasteiger partial charge in [-0.05, 0) is 71.3 Å². The number of aromatic nitrogens is 1. The van der Waals surface area contributed by atoms with Crippen molar-refractivity contribution in [3.05, 3.63) is 94.2 Å². The van der Waals surface area contributed by atoms with Crippen LogP contribution in [0.3, 0.4) is 0 Å². The van der Waals surface area contributed by atoms with Crippen LogP contribution in [0.25, 0.3) is 10.9 Å². The molecule has 0 saturated heterocycles. The molecule has 5 rings (SSSR count). The second-order valence-corrected chi connectivity index (χ2v) is 12.0. The molecule has 0 spiro atoms. The van der Waals surface area contributed by atoms with E-state index in [0.29, 0.717) is 6.61 Å². The van der Waals surface area contributed by atoms with Gasteiger partial charge in [0, 0.05) is 49.7 Å². The molecule has 2 heterocycles. The van der Waals surface area contributed by atoms with Gasteiger partial charge in [-0.2, -0.15) is 0 Å². The van der Waals surface area contributed by atoms with Gasteiger partial charge in [-0.25, -0.2) is 5.84 Å². The molecule has 0 amide bonds. The van der Waals surface area contributed by atoms with Crippen LogP contribution in [0.4, 0.5) is 11.4 Å². The Hall–Kier alpha value is -3.61. The molecule has 1 aliphatic heterocycles. The van der Waals surface area contributed by atoms with Crippen molar-refractivity contribution >= 4 is 22.3 Å². The summed E-state index contributed by atoms with van der Waals surface area (Å²) in [6.07, 6.45) is 1.85. The van der Waals surface area contributed by atoms with Crippen molar-refractivity contribution in [2.24, 2.45) is 11.3 Å². The van der Waals surface area contributed by atoms with E-state index < -0.39 is 0 Å². The first-order chi connectivity index (χ1) is 18.5. The molecule has 1 atom stereocenters. The quantitative estimate of drug-likeness (QED) is 0.181. The van der Waals surface area contributed by atoms with Crippen molar-refractivity contribution < 1.29 is 4.74 Å². The van der Waals surface area contributed by atoms with Crippen LogP contribution in [0.5, 0.6) is 5.75 Å². The summed E-state index contributed by atoms with van der Waals surface area (Å²) in [6.45, 7) is 14.5. The fourth-order valence-electron chi connectivity index (χ4n) is 5.99. The fraction of sp³-hybridized carbons (Fsp3) is 0.364. The number of nitrogens with two attached hydrogens (primary N) is 2. The molecule has 3 aromatic carbocycles. The highest BCUT2D eigenvalue weighted by Gasteiger charge is 2.31. The Morgan fingerprint density at radius 3 is 2.62 bits per heavy atom. The molecular formula is C33H41N5O. The number of hydrogen-bond acceptors (Lipinski definition) is 6. The average Bonchev–Trinajstić information content (AvgIpc) is 3.10. The number of ether oxygens (including phenoxy) is 1. The molecule has 4 N–H and O–H groups in total. The van der Waals surface area contributed by atoms with E-state index in [1.165, 1.54) is 33.2 Å². The molecule has 0 saturated carbocycles. The Labute approximate surface area is 232 Å². The van der Waals surface area contributed by atoms with Gasteiger partial charge in [0.25, 0.3) is 0 Å². The third-order valence-electron chi connectivity index (χ3n) is 8.09. The molecule has 6 nitrogen and oxygen atoms in total. The summed E-state index contributed by atoms with van der Waals surface area (Å²) in [5, 5.41) is 2.75. The van der Waals surface area contributed by atoms with Crippen LogP contribution in [0.2, 0.25) is 0 Å². The third-order valence-corrected chi connectivity index (χ3v) is 8.09. The maximum atomic E-state index is 6.57. The van der Waals surface area contributed by atoms with Gasteiger partial charge < -0.3 is 15.5 Å². The highest BCUT2D eigenvalue weighted by molar-refractivity contribution is 5.84. The lowest BCUT2D eigenvalue weighted by Crippen LogP contribution is -2.27. The standard InChI is InChI=1S/C33H41N5O/c1-21-9-10-23(31(33(3,4)5)25-11-13-29(37(6)35)32(34)22(25)2)18-24(21)19-38-16-17-39-30-14-12-28-26(27(30)20-38)8-7-15-36-28/h7-15,18,31H,16-17,19-20,34-35H2,1-6H3. The number of nitrogens with zero attached hydrogens (tertiary/aromatic N) is 3. The zero-order valence-corrected chi connectivity index (χ0v) is 24.1.